The Morgan fingerprint density at radius 2 is 1.88 bits per heavy atom. The Morgan fingerprint density at radius 1 is 1.12 bits per heavy atom. The number of fused-ring (bicyclic) bond motifs is 1. The Labute approximate surface area is 189 Å². The summed E-state index contributed by atoms with van der Waals surface area (Å²) in [6, 6.07) is 5.72. The number of aromatic nitrogens is 4. The van der Waals surface area contributed by atoms with Gasteiger partial charge in [-0.15, -0.1) is 0 Å². The number of aryl methyl sites for hydroxylation is 1. The molecule has 1 saturated carbocycles. The smallest absolute Gasteiger partial charge is 0.419 e. The molecule has 2 aliphatic rings. The number of alkyl halides is 3. The van der Waals surface area contributed by atoms with Gasteiger partial charge < -0.3 is 14.4 Å². The van der Waals surface area contributed by atoms with Crippen LogP contribution in [0.4, 0.5) is 19.0 Å². The van der Waals surface area contributed by atoms with Gasteiger partial charge in [-0.3, -0.25) is 9.67 Å². The molecule has 0 aromatic carbocycles. The minimum absolute atomic E-state index is 0.0176. The van der Waals surface area contributed by atoms with E-state index in [0.29, 0.717) is 31.9 Å². The summed E-state index contributed by atoms with van der Waals surface area (Å²) in [7, 11) is 0. The molecule has 0 radical (unpaired) electrons. The fraction of sp³-hybridized carbons (Fsp3) is 0.522. The SMILES string of the molecule is Cc1nn(C2CCC(Oc3nc(N4CCOCC4)cc4ncccc34)CC2)cc1C(F)(F)F. The molecule has 3 aromatic rings. The van der Waals surface area contributed by atoms with Gasteiger partial charge in [0.1, 0.15) is 11.9 Å². The van der Waals surface area contributed by atoms with Gasteiger partial charge >= 0.3 is 6.18 Å². The number of ether oxygens (including phenoxy) is 2. The number of hydrogen-bond donors (Lipinski definition) is 0. The molecule has 7 nitrogen and oxygen atoms in total. The second-order valence-electron chi connectivity index (χ2n) is 8.61. The number of halogens is 3. The van der Waals surface area contributed by atoms with E-state index in [0.717, 1.165) is 48.8 Å². The zero-order valence-electron chi connectivity index (χ0n) is 18.4. The third-order valence-electron chi connectivity index (χ3n) is 6.40. The Balaban J connectivity index is 1.31. The van der Waals surface area contributed by atoms with Crippen molar-refractivity contribution < 1.29 is 22.6 Å². The lowest BCUT2D eigenvalue weighted by molar-refractivity contribution is -0.138. The summed E-state index contributed by atoms with van der Waals surface area (Å²) in [5, 5.41) is 4.99. The van der Waals surface area contributed by atoms with E-state index in [1.807, 2.05) is 18.2 Å². The third-order valence-corrected chi connectivity index (χ3v) is 6.40. The zero-order chi connectivity index (χ0) is 23.0. The highest BCUT2D eigenvalue weighted by Crippen LogP contribution is 2.36. The molecule has 2 fully saturated rings. The van der Waals surface area contributed by atoms with Crippen LogP contribution in [0.3, 0.4) is 0 Å². The summed E-state index contributed by atoms with van der Waals surface area (Å²) < 4.78 is 52.7. The normalized spacial score (nSPS) is 22.0. The van der Waals surface area contributed by atoms with Crippen LogP contribution in [0.2, 0.25) is 0 Å². The number of anilines is 1. The second kappa shape index (κ2) is 8.81. The molecule has 33 heavy (non-hydrogen) atoms. The van der Waals surface area contributed by atoms with Crippen LogP contribution in [0.15, 0.2) is 30.6 Å². The first-order valence-electron chi connectivity index (χ1n) is 11.3. The third kappa shape index (κ3) is 4.62. The van der Waals surface area contributed by atoms with Gasteiger partial charge in [-0.25, -0.2) is 0 Å². The molecule has 0 spiro atoms. The predicted octanol–water partition coefficient (Wildman–Crippen LogP) is 4.55. The van der Waals surface area contributed by atoms with Crippen LogP contribution < -0.4 is 9.64 Å². The predicted molar refractivity (Wildman–Crippen MR) is 116 cm³/mol. The van der Waals surface area contributed by atoms with Gasteiger partial charge in [-0.2, -0.15) is 23.3 Å². The molecule has 1 saturated heterocycles. The summed E-state index contributed by atoms with van der Waals surface area (Å²) in [5.74, 6) is 1.37. The van der Waals surface area contributed by atoms with E-state index in [1.165, 1.54) is 11.6 Å². The van der Waals surface area contributed by atoms with Crippen LogP contribution in [-0.2, 0) is 10.9 Å². The minimum Gasteiger partial charge on any atom is -0.474 e. The summed E-state index contributed by atoms with van der Waals surface area (Å²) >= 11 is 0. The maximum atomic E-state index is 13.1. The highest BCUT2D eigenvalue weighted by atomic mass is 19.4. The van der Waals surface area contributed by atoms with E-state index in [9.17, 15) is 13.2 Å². The average molecular weight is 461 g/mol. The van der Waals surface area contributed by atoms with Gasteiger partial charge in [-0.1, -0.05) is 0 Å². The van der Waals surface area contributed by atoms with Crippen molar-refractivity contribution in [3.8, 4) is 5.88 Å². The average Bonchev–Trinajstić information content (AvgIpc) is 3.22. The molecule has 176 valence electrons. The minimum atomic E-state index is -4.38. The quantitative estimate of drug-likeness (QED) is 0.568. The van der Waals surface area contributed by atoms with Crippen LogP contribution in [0.1, 0.15) is 43.0 Å². The monoisotopic (exact) mass is 461 g/mol. The molecule has 0 atom stereocenters. The number of pyridine rings is 2. The zero-order valence-corrected chi connectivity index (χ0v) is 18.4. The Morgan fingerprint density at radius 3 is 2.58 bits per heavy atom. The first-order chi connectivity index (χ1) is 15.9. The maximum Gasteiger partial charge on any atom is 0.419 e. The standard InChI is InChI=1S/C23H26F3N5O2/c1-15-19(23(24,25)26)14-31(29-15)16-4-6-17(7-5-16)33-22-18-3-2-8-27-20(18)13-21(28-22)30-9-11-32-12-10-30/h2-3,8,13-14,16-17H,4-7,9-12H2,1H3. The molecule has 10 heteroatoms. The molecule has 0 unspecified atom stereocenters. The number of rotatable bonds is 4. The van der Waals surface area contributed by atoms with Crippen molar-refractivity contribution in [1.29, 1.82) is 0 Å². The highest BCUT2D eigenvalue weighted by Gasteiger charge is 2.36. The van der Waals surface area contributed by atoms with E-state index in [2.05, 4.69) is 15.0 Å². The molecule has 4 heterocycles. The van der Waals surface area contributed by atoms with Gasteiger partial charge in [-0.05, 0) is 44.7 Å². The van der Waals surface area contributed by atoms with Crippen LogP contribution in [-0.4, -0.2) is 52.2 Å². The van der Waals surface area contributed by atoms with E-state index in [-0.39, 0.29) is 17.8 Å². The Kier molecular flexibility index (Phi) is 5.86. The molecule has 0 N–H and O–H groups in total. The molecule has 0 amide bonds. The maximum absolute atomic E-state index is 13.1. The molecular weight excluding hydrogens is 435 g/mol. The highest BCUT2D eigenvalue weighted by molar-refractivity contribution is 5.85. The number of hydrogen-bond acceptors (Lipinski definition) is 6. The number of morpholine rings is 1. The topological polar surface area (TPSA) is 65.3 Å². The van der Waals surface area contributed by atoms with Crippen molar-refractivity contribution in [2.45, 2.75) is 50.9 Å². The van der Waals surface area contributed by atoms with Crippen LogP contribution >= 0.6 is 0 Å². The van der Waals surface area contributed by atoms with E-state index in [4.69, 9.17) is 14.5 Å². The Bertz CT molecular complexity index is 1120. The van der Waals surface area contributed by atoms with Crippen LogP contribution in [0.25, 0.3) is 10.9 Å². The van der Waals surface area contributed by atoms with Crippen molar-refractivity contribution in [1.82, 2.24) is 19.7 Å². The lowest BCUT2D eigenvalue weighted by atomic mass is 9.93. The summed E-state index contributed by atoms with van der Waals surface area (Å²) in [4.78, 5) is 11.5. The lowest BCUT2D eigenvalue weighted by Crippen LogP contribution is -2.36. The fourth-order valence-corrected chi connectivity index (χ4v) is 4.61. The van der Waals surface area contributed by atoms with Gasteiger partial charge in [0.15, 0.2) is 0 Å². The fourth-order valence-electron chi connectivity index (χ4n) is 4.61. The van der Waals surface area contributed by atoms with Crippen molar-refractivity contribution in [3.63, 3.8) is 0 Å². The number of nitrogens with zero attached hydrogens (tertiary/aromatic N) is 5. The van der Waals surface area contributed by atoms with Crippen molar-refractivity contribution >= 4 is 16.7 Å². The first-order valence-corrected chi connectivity index (χ1v) is 11.3. The molecular formula is C23H26F3N5O2. The molecule has 1 aliphatic carbocycles. The van der Waals surface area contributed by atoms with Crippen molar-refractivity contribution in [2.75, 3.05) is 31.2 Å². The molecule has 3 aromatic heterocycles. The summed E-state index contributed by atoms with van der Waals surface area (Å²) in [6.07, 6.45) is 1.28. The largest absolute Gasteiger partial charge is 0.474 e. The Hall–Kier alpha value is -2.88. The second-order valence-corrected chi connectivity index (χ2v) is 8.61. The first kappa shape index (κ1) is 21.9. The van der Waals surface area contributed by atoms with Gasteiger partial charge in [0.2, 0.25) is 5.88 Å². The molecule has 1 aliphatic heterocycles. The summed E-state index contributed by atoms with van der Waals surface area (Å²) in [6.45, 7) is 4.24. The van der Waals surface area contributed by atoms with Crippen LogP contribution in [0, 0.1) is 6.92 Å². The molecule has 5 rings (SSSR count). The van der Waals surface area contributed by atoms with E-state index < -0.39 is 11.7 Å². The van der Waals surface area contributed by atoms with E-state index in [1.54, 1.807) is 6.20 Å². The van der Waals surface area contributed by atoms with Crippen molar-refractivity contribution in [2.24, 2.45) is 0 Å². The van der Waals surface area contributed by atoms with Gasteiger partial charge in [0.05, 0.1) is 41.4 Å². The van der Waals surface area contributed by atoms with Crippen LogP contribution in [0.5, 0.6) is 5.88 Å². The van der Waals surface area contributed by atoms with E-state index >= 15 is 0 Å². The van der Waals surface area contributed by atoms with Gasteiger partial charge in [0.25, 0.3) is 0 Å². The molecule has 0 bridgehead atoms. The lowest BCUT2D eigenvalue weighted by Gasteiger charge is -2.30. The van der Waals surface area contributed by atoms with Gasteiger partial charge in [0, 0.05) is 31.5 Å². The van der Waals surface area contributed by atoms with Crippen molar-refractivity contribution in [3.05, 3.63) is 41.9 Å². The summed E-state index contributed by atoms with van der Waals surface area (Å²) in [5.41, 5.74) is 0.178.